The van der Waals surface area contributed by atoms with Gasteiger partial charge in [0.25, 0.3) is 5.91 Å². The minimum Gasteiger partial charge on any atom is -0.346 e. The maximum Gasteiger partial charge on any atom is 0.251 e. The molecular formula is C19H15N3O2S. The number of aromatic nitrogens is 1. The Balaban J connectivity index is 1.45. The molecular weight excluding hydrogens is 334 g/mol. The molecule has 124 valence electrons. The maximum absolute atomic E-state index is 12.1. The summed E-state index contributed by atoms with van der Waals surface area (Å²) in [5, 5.41) is 8.52. The molecule has 4 rings (SSSR count). The van der Waals surface area contributed by atoms with E-state index in [9.17, 15) is 9.59 Å². The van der Waals surface area contributed by atoms with Gasteiger partial charge in [-0.3, -0.25) is 9.59 Å². The number of thiazole rings is 1. The Morgan fingerprint density at radius 1 is 1.20 bits per heavy atom. The van der Waals surface area contributed by atoms with Crippen LogP contribution >= 0.6 is 11.3 Å². The van der Waals surface area contributed by atoms with Gasteiger partial charge >= 0.3 is 0 Å². The van der Waals surface area contributed by atoms with Crippen LogP contribution in [-0.4, -0.2) is 16.8 Å². The first kappa shape index (κ1) is 15.5. The highest BCUT2D eigenvalue weighted by Gasteiger charge is 2.18. The molecule has 0 saturated heterocycles. The number of carbonyl (C=O) groups excluding carboxylic acids is 2. The summed E-state index contributed by atoms with van der Waals surface area (Å²) in [5.74, 6) is -0.0887. The van der Waals surface area contributed by atoms with Crippen molar-refractivity contribution < 1.29 is 9.59 Å². The van der Waals surface area contributed by atoms with Crippen molar-refractivity contribution >= 4 is 28.8 Å². The molecule has 2 heterocycles. The molecule has 1 aliphatic rings. The topological polar surface area (TPSA) is 71.1 Å². The number of fused-ring (bicyclic) bond motifs is 1. The molecule has 2 aromatic carbocycles. The Labute approximate surface area is 148 Å². The lowest BCUT2D eigenvalue weighted by atomic mass is 10.1. The molecule has 6 heteroatoms. The number of hydrogen-bond acceptors (Lipinski definition) is 4. The third-order valence-electron chi connectivity index (χ3n) is 4.01. The fraction of sp³-hybridized carbons (Fsp3) is 0.105. The fourth-order valence-electron chi connectivity index (χ4n) is 2.76. The molecule has 0 unspecified atom stereocenters. The van der Waals surface area contributed by atoms with E-state index in [0.29, 0.717) is 18.5 Å². The van der Waals surface area contributed by atoms with Gasteiger partial charge in [-0.15, -0.1) is 11.3 Å². The van der Waals surface area contributed by atoms with Crippen molar-refractivity contribution in [3.05, 3.63) is 70.0 Å². The highest BCUT2D eigenvalue weighted by atomic mass is 32.1. The van der Waals surface area contributed by atoms with E-state index >= 15 is 0 Å². The van der Waals surface area contributed by atoms with E-state index in [1.54, 1.807) is 12.1 Å². The minimum absolute atomic E-state index is 0.0229. The average molecular weight is 349 g/mol. The average Bonchev–Trinajstić information content (AvgIpc) is 3.25. The maximum atomic E-state index is 12.1. The van der Waals surface area contributed by atoms with Crippen LogP contribution in [0.3, 0.4) is 0 Å². The first-order chi connectivity index (χ1) is 12.2. The van der Waals surface area contributed by atoms with Crippen LogP contribution in [0.15, 0.2) is 53.9 Å². The van der Waals surface area contributed by atoms with Gasteiger partial charge in [0, 0.05) is 22.2 Å². The van der Waals surface area contributed by atoms with E-state index < -0.39 is 0 Å². The lowest BCUT2D eigenvalue weighted by Gasteiger charge is -2.03. The van der Waals surface area contributed by atoms with Crippen LogP contribution in [0, 0.1) is 0 Å². The fourth-order valence-corrected chi connectivity index (χ4v) is 3.50. The number of amides is 2. The quantitative estimate of drug-likeness (QED) is 0.760. The van der Waals surface area contributed by atoms with Gasteiger partial charge in [-0.2, -0.15) is 0 Å². The van der Waals surface area contributed by atoms with Gasteiger partial charge in [0.15, 0.2) is 0 Å². The summed E-state index contributed by atoms with van der Waals surface area (Å²) in [5.41, 5.74) is 4.34. The number of benzene rings is 2. The first-order valence-electron chi connectivity index (χ1n) is 7.90. The first-order valence-corrected chi connectivity index (χ1v) is 8.78. The monoisotopic (exact) mass is 349 g/mol. The van der Waals surface area contributed by atoms with Gasteiger partial charge in [-0.1, -0.05) is 24.3 Å². The molecule has 0 aliphatic carbocycles. The summed E-state index contributed by atoms with van der Waals surface area (Å²) in [6.07, 6.45) is 0.410. The molecule has 25 heavy (non-hydrogen) atoms. The van der Waals surface area contributed by atoms with Gasteiger partial charge in [0.2, 0.25) is 5.91 Å². The smallest absolute Gasteiger partial charge is 0.251 e. The van der Waals surface area contributed by atoms with Gasteiger partial charge in [0.1, 0.15) is 5.01 Å². The predicted octanol–water partition coefficient (Wildman–Crippen LogP) is 3.23. The lowest BCUT2D eigenvalue weighted by molar-refractivity contribution is -0.115. The second kappa shape index (κ2) is 6.49. The molecule has 0 spiro atoms. The normalized spacial score (nSPS) is 12.6. The zero-order chi connectivity index (χ0) is 17.2. The van der Waals surface area contributed by atoms with E-state index in [0.717, 1.165) is 27.5 Å². The predicted molar refractivity (Wildman–Crippen MR) is 97.5 cm³/mol. The van der Waals surface area contributed by atoms with E-state index in [1.165, 1.54) is 11.3 Å². The SMILES string of the molecule is O=C1Cc2cc(-c3csc(CNC(=O)c4ccccc4)n3)ccc2N1. The molecule has 5 nitrogen and oxygen atoms in total. The van der Waals surface area contributed by atoms with Gasteiger partial charge in [0.05, 0.1) is 18.7 Å². The summed E-state index contributed by atoms with van der Waals surface area (Å²) in [6, 6.07) is 15.0. The molecule has 0 bridgehead atoms. The zero-order valence-corrected chi connectivity index (χ0v) is 14.1. The van der Waals surface area contributed by atoms with Crippen molar-refractivity contribution in [1.82, 2.24) is 10.3 Å². The minimum atomic E-state index is -0.112. The Kier molecular flexibility index (Phi) is 4.03. The lowest BCUT2D eigenvalue weighted by Crippen LogP contribution is -2.22. The van der Waals surface area contributed by atoms with Crippen LogP contribution in [0.2, 0.25) is 0 Å². The number of anilines is 1. The van der Waals surface area contributed by atoms with Gasteiger partial charge < -0.3 is 10.6 Å². The van der Waals surface area contributed by atoms with Crippen LogP contribution in [-0.2, 0) is 17.8 Å². The van der Waals surface area contributed by atoms with Crippen molar-refractivity contribution in [3.8, 4) is 11.3 Å². The molecule has 3 aromatic rings. The van der Waals surface area contributed by atoms with Crippen LogP contribution in [0.25, 0.3) is 11.3 Å². The van der Waals surface area contributed by atoms with Crippen molar-refractivity contribution in [1.29, 1.82) is 0 Å². The second-order valence-electron chi connectivity index (χ2n) is 5.77. The molecule has 2 amide bonds. The Morgan fingerprint density at radius 3 is 2.88 bits per heavy atom. The van der Waals surface area contributed by atoms with Crippen LogP contribution in [0.1, 0.15) is 20.9 Å². The van der Waals surface area contributed by atoms with Crippen LogP contribution < -0.4 is 10.6 Å². The highest BCUT2D eigenvalue weighted by Crippen LogP contribution is 2.29. The Bertz CT molecular complexity index is 950. The van der Waals surface area contributed by atoms with Gasteiger partial charge in [-0.05, 0) is 29.8 Å². The molecule has 1 aromatic heterocycles. The van der Waals surface area contributed by atoms with Gasteiger partial charge in [-0.25, -0.2) is 4.98 Å². The largest absolute Gasteiger partial charge is 0.346 e. The molecule has 0 atom stereocenters. The standard InChI is InChI=1S/C19H15N3O2S/c23-17-9-14-8-13(6-7-15(14)21-17)16-11-25-18(22-16)10-20-19(24)12-4-2-1-3-5-12/h1-8,11H,9-10H2,(H,20,24)(H,21,23). The Hall–Kier alpha value is -2.99. The third-order valence-corrected chi connectivity index (χ3v) is 4.86. The van der Waals surface area contributed by atoms with Crippen molar-refractivity contribution in [3.63, 3.8) is 0 Å². The van der Waals surface area contributed by atoms with Crippen LogP contribution in [0.5, 0.6) is 0 Å². The summed E-state index contributed by atoms with van der Waals surface area (Å²) >= 11 is 1.51. The number of carbonyl (C=O) groups is 2. The van der Waals surface area contributed by atoms with Crippen molar-refractivity contribution in [2.75, 3.05) is 5.32 Å². The van der Waals surface area contributed by atoms with E-state index in [4.69, 9.17) is 0 Å². The second-order valence-corrected chi connectivity index (χ2v) is 6.71. The number of rotatable bonds is 4. The van der Waals surface area contributed by atoms with Crippen molar-refractivity contribution in [2.24, 2.45) is 0 Å². The summed E-state index contributed by atoms with van der Waals surface area (Å²) < 4.78 is 0. The molecule has 0 fully saturated rings. The summed E-state index contributed by atoms with van der Waals surface area (Å²) in [7, 11) is 0. The van der Waals surface area contributed by atoms with E-state index in [-0.39, 0.29) is 11.8 Å². The number of nitrogens with one attached hydrogen (secondary N) is 2. The van der Waals surface area contributed by atoms with E-state index in [2.05, 4.69) is 15.6 Å². The van der Waals surface area contributed by atoms with Crippen molar-refractivity contribution in [2.45, 2.75) is 13.0 Å². The molecule has 0 saturated carbocycles. The Morgan fingerprint density at radius 2 is 2.04 bits per heavy atom. The molecule has 0 radical (unpaired) electrons. The highest BCUT2D eigenvalue weighted by molar-refractivity contribution is 7.09. The number of hydrogen-bond donors (Lipinski definition) is 2. The van der Waals surface area contributed by atoms with E-state index in [1.807, 2.05) is 41.8 Å². The summed E-state index contributed by atoms with van der Waals surface area (Å²) in [4.78, 5) is 28.1. The zero-order valence-electron chi connectivity index (χ0n) is 13.3. The summed E-state index contributed by atoms with van der Waals surface area (Å²) in [6.45, 7) is 0.392. The number of nitrogens with zero attached hydrogens (tertiary/aromatic N) is 1. The molecule has 1 aliphatic heterocycles. The third kappa shape index (κ3) is 3.29. The molecule has 2 N–H and O–H groups in total. The van der Waals surface area contributed by atoms with Crippen LogP contribution in [0.4, 0.5) is 5.69 Å².